The van der Waals surface area contributed by atoms with Gasteiger partial charge in [-0.2, -0.15) is 0 Å². The molecular formula is C14H12BrNO4S2. The van der Waals surface area contributed by atoms with Crippen molar-refractivity contribution in [3.05, 3.63) is 33.1 Å². The molecule has 0 aliphatic carbocycles. The number of thiocarbonyl (C=S) groups is 1. The van der Waals surface area contributed by atoms with Gasteiger partial charge in [-0.25, -0.2) is 0 Å². The van der Waals surface area contributed by atoms with Gasteiger partial charge in [0.05, 0.1) is 9.38 Å². The van der Waals surface area contributed by atoms with Crippen LogP contribution in [0.1, 0.15) is 18.4 Å². The fraction of sp³-hybridized carbons (Fsp3) is 0.214. The van der Waals surface area contributed by atoms with Crippen LogP contribution in [0.3, 0.4) is 0 Å². The summed E-state index contributed by atoms with van der Waals surface area (Å²) in [5, 5.41) is 18.1. The first-order valence-corrected chi connectivity index (χ1v) is 8.36. The molecule has 1 amide bonds. The van der Waals surface area contributed by atoms with Crippen LogP contribution in [0.25, 0.3) is 6.08 Å². The lowest BCUT2D eigenvalue weighted by molar-refractivity contribution is -0.137. The Hall–Kier alpha value is -1.38. The maximum absolute atomic E-state index is 12.3. The number of carboxylic acid groups (broad SMARTS) is 1. The van der Waals surface area contributed by atoms with E-state index in [4.69, 9.17) is 17.3 Å². The number of phenolic OH excluding ortho intramolecular Hbond substituents is 1. The van der Waals surface area contributed by atoms with E-state index in [1.165, 1.54) is 22.7 Å². The van der Waals surface area contributed by atoms with E-state index in [0.29, 0.717) is 26.7 Å². The summed E-state index contributed by atoms with van der Waals surface area (Å²) in [5.41, 5.74) is 0.760. The second-order valence-electron chi connectivity index (χ2n) is 4.54. The van der Waals surface area contributed by atoms with Crippen LogP contribution in [-0.4, -0.2) is 37.9 Å². The van der Waals surface area contributed by atoms with Gasteiger partial charge < -0.3 is 10.2 Å². The Morgan fingerprint density at radius 3 is 2.82 bits per heavy atom. The third-order valence-electron chi connectivity index (χ3n) is 2.92. The third kappa shape index (κ3) is 4.08. The molecule has 0 aromatic heterocycles. The second kappa shape index (κ2) is 7.26. The van der Waals surface area contributed by atoms with E-state index in [1.807, 2.05) is 0 Å². The average Bonchev–Trinajstić information content (AvgIpc) is 2.70. The van der Waals surface area contributed by atoms with Gasteiger partial charge in [0.2, 0.25) is 0 Å². The van der Waals surface area contributed by atoms with Gasteiger partial charge in [-0.05, 0) is 46.1 Å². The number of thioether (sulfide) groups is 1. The maximum Gasteiger partial charge on any atom is 0.303 e. The lowest BCUT2D eigenvalue weighted by Crippen LogP contribution is -2.29. The Bertz CT molecular complexity index is 675. The van der Waals surface area contributed by atoms with Crippen molar-refractivity contribution in [3.63, 3.8) is 0 Å². The number of halogens is 1. The van der Waals surface area contributed by atoms with E-state index in [2.05, 4.69) is 15.9 Å². The Kier molecular flexibility index (Phi) is 5.60. The highest BCUT2D eigenvalue weighted by molar-refractivity contribution is 9.10. The van der Waals surface area contributed by atoms with Crippen molar-refractivity contribution in [1.29, 1.82) is 0 Å². The standard InChI is InChI=1S/C14H12BrNO4S2/c15-9-6-8(3-4-10(9)17)7-11-13(20)16(14(21)22-11)5-1-2-12(18)19/h3-4,6-7,17H,1-2,5H2,(H,18,19)/b11-7-. The molecule has 1 heterocycles. The van der Waals surface area contributed by atoms with Crippen molar-refractivity contribution < 1.29 is 19.8 Å². The van der Waals surface area contributed by atoms with Crippen LogP contribution in [-0.2, 0) is 9.59 Å². The van der Waals surface area contributed by atoms with Crippen molar-refractivity contribution in [1.82, 2.24) is 4.90 Å². The third-order valence-corrected chi connectivity index (χ3v) is 4.93. The number of hydrogen-bond donors (Lipinski definition) is 2. The number of hydrogen-bond acceptors (Lipinski definition) is 5. The molecule has 1 fully saturated rings. The van der Waals surface area contributed by atoms with Crippen LogP contribution in [0.4, 0.5) is 0 Å². The molecule has 1 aromatic rings. The summed E-state index contributed by atoms with van der Waals surface area (Å²) in [6.45, 7) is 0.299. The van der Waals surface area contributed by atoms with Gasteiger partial charge in [-0.15, -0.1) is 0 Å². The average molecular weight is 402 g/mol. The number of carboxylic acids is 1. The van der Waals surface area contributed by atoms with Crippen LogP contribution in [0.5, 0.6) is 5.75 Å². The first-order chi connectivity index (χ1) is 10.4. The molecule has 0 saturated carbocycles. The summed E-state index contributed by atoms with van der Waals surface area (Å²) in [5.74, 6) is -0.988. The molecule has 22 heavy (non-hydrogen) atoms. The van der Waals surface area contributed by atoms with Crippen molar-refractivity contribution in [3.8, 4) is 5.75 Å². The van der Waals surface area contributed by atoms with Crippen LogP contribution < -0.4 is 0 Å². The molecule has 2 N–H and O–H groups in total. The molecule has 0 unspecified atom stereocenters. The first kappa shape index (κ1) is 17.0. The highest BCUT2D eigenvalue weighted by atomic mass is 79.9. The van der Waals surface area contributed by atoms with Gasteiger partial charge in [-0.1, -0.05) is 30.0 Å². The largest absolute Gasteiger partial charge is 0.507 e. The summed E-state index contributed by atoms with van der Waals surface area (Å²) < 4.78 is 0.970. The molecule has 1 aromatic carbocycles. The van der Waals surface area contributed by atoms with Crippen molar-refractivity contribution in [2.24, 2.45) is 0 Å². The molecule has 0 spiro atoms. The Morgan fingerprint density at radius 1 is 1.45 bits per heavy atom. The normalized spacial score (nSPS) is 16.6. The molecule has 0 bridgehead atoms. The topological polar surface area (TPSA) is 77.8 Å². The number of amides is 1. The van der Waals surface area contributed by atoms with Crippen LogP contribution >= 0.6 is 39.9 Å². The van der Waals surface area contributed by atoms with E-state index < -0.39 is 5.97 Å². The molecule has 5 nitrogen and oxygen atoms in total. The number of carbonyl (C=O) groups excluding carboxylic acids is 1. The van der Waals surface area contributed by atoms with Crippen LogP contribution in [0, 0.1) is 0 Å². The lowest BCUT2D eigenvalue weighted by Gasteiger charge is -2.13. The Morgan fingerprint density at radius 2 is 2.18 bits per heavy atom. The van der Waals surface area contributed by atoms with Gasteiger partial charge >= 0.3 is 5.97 Å². The van der Waals surface area contributed by atoms with E-state index in [9.17, 15) is 14.7 Å². The minimum atomic E-state index is -0.894. The maximum atomic E-state index is 12.3. The molecule has 1 aliphatic rings. The number of aliphatic carboxylic acids is 1. The van der Waals surface area contributed by atoms with Crippen LogP contribution in [0.2, 0.25) is 0 Å². The predicted molar refractivity (Wildman–Crippen MR) is 92.6 cm³/mol. The summed E-state index contributed by atoms with van der Waals surface area (Å²) >= 11 is 9.58. The molecule has 2 rings (SSSR count). The molecule has 1 saturated heterocycles. The number of nitrogens with zero attached hydrogens (tertiary/aromatic N) is 1. The smallest absolute Gasteiger partial charge is 0.303 e. The summed E-state index contributed by atoms with van der Waals surface area (Å²) in [6, 6.07) is 4.92. The highest BCUT2D eigenvalue weighted by Crippen LogP contribution is 2.34. The zero-order chi connectivity index (χ0) is 16.3. The molecule has 0 atom stereocenters. The minimum absolute atomic E-state index is 0.00101. The summed E-state index contributed by atoms with van der Waals surface area (Å²) in [7, 11) is 0. The van der Waals surface area contributed by atoms with E-state index in [-0.39, 0.29) is 18.1 Å². The first-order valence-electron chi connectivity index (χ1n) is 6.34. The number of aromatic hydroxyl groups is 1. The number of rotatable bonds is 5. The summed E-state index contributed by atoms with van der Waals surface area (Å²) in [6.07, 6.45) is 2.06. The molecule has 8 heteroatoms. The fourth-order valence-corrected chi connectivity index (χ4v) is 3.55. The van der Waals surface area contributed by atoms with Crippen molar-refractivity contribution >= 4 is 62.2 Å². The zero-order valence-electron chi connectivity index (χ0n) is 11.3. The van der Waals surface area contributed by atoms with Gasteiger partial charge in [-0.3, -0.25) is 14.5 Å². The Balaban J connectivity index is 2.11. The van der Waals surface area contributed by atoms with Crippen molar-refractivity contribution in [2.45, 2.75) is 12.8 Å². The summed E-state index contributed by atoms with van der Waals surface area (Å²) in [4.78, 5) is 24.7. The molecule has 1 aliphatic heterocycles. The Labute approximate surface area is 145 Å². The van der Waals surface area contributed by atoms with Crippen LogP contribution in [0.15, 0.2) is 27.6 Å². The molecule has 0 radical (unpaired) electrons. The molecule has 116 valence electrons. The SMILES string of the molecule is O=C(O)CCCN1C(=O)/C(=C/c2ccc(O)c(Br)c2)SC1=S. The van der Waals surface area contributed by atoms with E-state index in [0.717, 1.165) is 5.56 Å². The molecular weight excluding hydrogens is 390 g/mol. The van der Waals surface area contributed by atoms with Crippen molar-refractivity contribution in [2.75, 3.05) is 6.54 Å². The predicted octanol–water partition coefficient (Wildman–Crippen LogP) is 3.22. The quantitative estimate of drug-likeness (QED) is 0.582. The monoisotopic (exact) mass is 401 g/mol. The van der Waals surface area contributed by atoms with Gasteiger partial charge in [0, 0.05) is 13.0 Å². The van der Waals surface area contributed by atoms with Gasteiger partial charge in [0.15, 0.2) is 0 Å². The number of phenols is 1. The highest BCUT2D eigenvalue weighted by Gasteiger charge is 2.31. The van der Waals surface area contributed by atoms with E-state index >= 15 is 0 Å². The second-order valence-corrected chi connectivity index (χ2v) is 7.07. The van der Waals surface area contributed by atoms with E-state index in [1.54, 1.807) is 18.2 Å². The lowest BCUT2D eigenvalue weighted by atomic mass is 10.2. The van der Waals surface area contributed by atoms with Gasteiger partial charge in [0.1, 0.15) is 10.1 Å². The number of benzene rings is 1. The fourth-order valence-electron chi connectivity index (χ4n) is 1.85. The zero-order valence-corrected chi connectivity index (χ0v) is 14.5. The minimum Gasteiger partial charge on any atom is -0.507 e. The van der Waals surface area contributed by atoms with Gasteiger partial charge in [0.25, 0.3) is 5.91 Å². The number of carbonyl (C=O) groups is 2.